The fraction of sp³-hybridized carbons (Fsp3) is 0.818. The summed E-state index contributed by atoms with van der Waals surface area (Å²) in [4.78, 5) is 0. The molecule has 4 nitrogen and oxygen atoms in total. The number of hydrogen-bond donors (Lipinski definition) is 1. The van der Waals surface area contributed by atoms with Crippen LogP contribution in [-0.2, 0) is 11.3 Å². The van der Waals surface area contributed by atoms with Crippen LogP contribution in [0.2, 0.25) is 0 Å². The second-order valence-corrected chi connectivity index (χ2v) is 4.55. The molecule has 5 heteroatoms. The molecular formula is C11H21N3OS. The molecule has 0 saturated carbocycles. The molecule has 1 heterocycles. The molecule has 0 bridgehead atoms. The topological polar surface area (TPSA) is 42.8 Å². The van der Waals surface area contributed by atoms with Crippen LogP contribution in [0.25, 0.3) is 0 Å². The van der Waals surface area contributed by atoms with Gasteiger partial charge in [-0.3, -0.25) is 5.10 Å². The van der Waals surface area contributed by atoms with Crippen LogP contribution in [0.1, 0.15) is 45.4 Å². The molecule has 0 aliphatic heterocycles. The second kappa shape index (κ2) is 6.81. The molecule has 1 rings (SSSR count). The van der Waals surface area contributed by atoms with Gasteiger partial charge in [0.2, 0.25) is 0 Å². The predicted octanol–water partition coefficient (Wildman–Crippen LogP) is 2.88. The van der Waals surface area contributed by atoms with E-state index in [4.69, 9.17) is 17.0 Å². The number of rotatable bonds is 7. The summed E-state index contributed by atoms with van der Waals surface area (Å²) >= 11 is 5.20. The van der Waals surface area contributed by atoms with E-state index in [2.05, 4.69) is 35.5 Å². The number of aromatic amines is 1. The van der Waals surface area contributed by atoms with Gasteiger partial charge >= 0.3 is 0 Å². The third kappa shape index (κ3) is 3.72. The Morgan fingerprint density at radius 3 is 2.81 bits per heavy atom. The standard InChI is InChI=1S/C11H21N3OS/c1-4-7-15-8-5-6-14-10(9(2)3)12-13-11(14)16/h9H,4-8H2,1-3H3,(H,13,16). The fourth-order valence-corrected chi connectivity index (χ4v) is 1.79. The molecule has 0 unspecified atom stereocenters. The largest absolute Gasteiger partial charge is 0.381 e. The number of hydrogen-bond acceptors (Lipinski definition) is 3. The lowest BCUT2D eigenvalue weighted by Gasteiger charge is -2.09. The van der Waals surface area contributed by atoms with Crippen molar-refractivity contribution in [2.75, 3.05) is 13.2 Å². The van der Waals surface area contributed by atoms with Crippen molar-refractivity contribution in [3.8, 4) is 0 Å². The van der Waals surface area contributed by atoms with Crippen molar-refractivity contribution < 1.29 is 4.74 Å². The Balaban J connectivity index is 2.46. The Hall–Kier alpha value is -0.680. The number of nitrogens with one attached hydrogen (secondary N) is 1. The lowest BCUT2D eigenvalue weighted by Crippen LogP contribution is -2.08. The van der Waals surface area contributed by atoms with Gasteiger partial charge < -0.3 is 9.30 Å². The highest BCUT2D eigenvalue weighted by molar-refractivity contribution is 7.71. The molecule has 0 aromatic carbocycles. The average Bonchev–Trinajstić information content (AvgIpc) is 2.60. The van der Waals surface area contributed by atoms with Crippen molar-refractivity contribution in [3.63, 3.8) is 0 Å². The van der Waals surface area contributed by atoms with Gasteiger partial charge in [0, 0.05) is 25.7 Å². The zero-order chi connectivity index (χ0) is 12.0. The van der Waals surface area contributed by atoms with Crippen molar-refractivity contribution in [2.24, 2.45) is 0 Å². The van der Waals surface area contributed by atoms with Crippen LogP contribution in [-0.4, -0.2) is 28.0 Å². The Kier molecular flexibility index (Phi) is 5.69. The third-order valence-corrected chi connectivity index (χ3v) is 2.63. The summed E-state index contributed by atoms with van der Waals surface area (Å²) in [6.07, 6.45) is 2.05. The highest BCUT2D eigenvalue weighted by Crippen LogP contribution is 2.11. The number of ether oxygens (including phenoxy) is 1. The van der Waals surface area contributed by atoms with E-state index >= 15 is 0 Å². The first kappa shape index (κ1) is 13.4. The van der Waals surface area contributed by atoms with Crippen LogP contribution in [0.15, 0.2) is 0 Å². The van der Waals surface area contributed by atoms with Crippen LogP contribution in [0.5, 0.6) is 0 Å². The maximum absolute atomic E-state index is 5.44. The van der Waals surface area contributed by atoms with E-state index < -0.39 is 0 Å². The molecule has 0 aliphatic carbocycles. The van der Waals surface area contributed by atoms with Gasteiger partial charge in [0.05, 0.1) is 0 Å². The number of H-pyrrole nitrogens is 1. The molecule has 0 radical (unpaired) electrons. The predicted molar refractivity (Wildman–Crippen MR) is 67.2 cm³/mol. The van der Waals surface area contributed by atoms with Crippen molar-refractivity contribution in [1.29, 1.82) is 0 Å². The van der Waals surface area contributed by atoms with E-state index in [9.17, 15) is 0 Å². The molecule has 0 amide bonds. The van der Waals surface area contributed by atoms with Gasteiger partial charge in [0.25, 0.3) is 0 Å². The third-order valence-electron chi connectivity index (χ3n) is 2.32. The normalized spacial score (nSPS) is 11.2. The van der Waals surface area contributed by atoms with Crippen LogP contribution in [0.4, 0.5) is 0 Å². The van der Waals surface area contributed by atoms with E-state index in [0.29, 0.717) is 10.7 Å². The summed E-state index contributed by atoms with van der Waals surface area (Å²) in [6.45, 7) is 8.87. The minimum Gasteiger partial charge on any atom is -0.381 e. The molecule has 0 fully saturated rings. The summed E-state index contributed by atoms with van der Waals surface area (Å²) in [5.74, 6) is 1.42. The first-order valence-corrected chi connectivity index (χ1v) is 6.30. The van der Waals surface area contributed by atoms with E-state index in [1.54, 1.807) is 0 Å². The summed E-state index contributed by atoms with van der Waals surface area (Å²) in [5.41, 5.74) is 0. The monoisotopic (exact) mass is 243 g/mol. The lowest BCUT2D eigenvalue weighted by molar-refractivity contribution is 0.129. The van der Waals surface area contributed by atoms with Gasteiger partial charge in [-0.05, 0) is 25.1 Å². The molecule has 1 N–H and O–H groups in total. The Morgan fingerprint density at radius 1 is 1.44 bits per heavy atom. The van der Waals surface area contributed by atoms with Gasteiger partial charge in [-0.1, -0.05) is 20.8 Å². The van der Waals surface area contributed by atoms with Crippen LogP contribution >= 0.6 is 12.2 Å². The first-order chi connectivity index (χ1) is 7.66. The molecule has 92 valence electrons. The molecule has 0 spiro atoms. The number of aromatic nitrogens is 3. The van der Waals surface area contributed by atoms with Gasteiger partial charge in [-0.15, -0.1) is 0 Å². The summed E-state index contributed by atoms with van der Waals surface area (Å²) in [5, 5.41) is 7.08. The number of nitrogens with zero attached hydrogens (tertiary/aromatic N) is 2. The van der Waals surface area contributed by atoms with Crippen LogP contribution < -0.4 is 0 Å². The van der Waals surface area contributed by atoms with E-state index in [-0.39, 0.29) is 0 Å². The Morgan fingerprint density at radius 2 is 2.19 bits per heavy atom. The summed E-state index contributed by atoms with van der Waals surface area (Å²) < 4.78 is 8.22. The quantitative estimate of drug-likeness (QED) is 0.591. The molecule has 1 aromatic rings. The zero-order valence-electron chi connectivity index (χ0n) is 10.3. The highest BCUT2D eigenvalue weighted by atomic mass is 32.1. The Labute approximate surface area is 102 Å². The first-order valence-electron chi connectivity index (χ1n) is 5.89. The highest BCUT2D eigenvalue weighted by Gasteiger charge is 2.09. The van der Waals surface area contributed by atoms with Gasteiger partial charge in [-0.2, -0.15) is 5.10 Å². The van der Waals surface area contributed by atoms with Crippen molar-refractivity contribution in [3.05, 3.63) is 10.6 Å². The summed E-state index contributed by atoms with van der Waals surface area (Å²) in [6, 6.07) is 0. The van der Waals surface area contributed by atoms with Crippen molar-refractivity contribution >= 4 is 12.2 Å². The van der Waals surface area contributed by atoms with Crippen molar-refractivity contribution in [1.82, 2.24) is 14.8 Å². The van der Waals surface area contributed by atoms with Crippen LogP contribution in [0, 0.1) is 4.77 Å². The van der Waals surface area contributed by atoms with E-state index in [0.717, 1.165) is 38.4 Å². The second-order valence-electron chi connectivity index (χ2n) is 4.16. The maximum atomic E-state index is 5.44. The van der Waals surface area contributed by atoms with E-state index in [1.165, 1.54) is 0 Å². The summed E-state index contributed by atoms with van der Waals surface area (Å²) in [7, 11) is 0. The van der Waals surface area contributed by atoms with Gasteiger partial charge in [-0.25, -0.2) is 0 Å². The van der Waals surface area contributed by atoms with E-state index in [1.807, 2.05) is 0 Å². The fourth-order valence-electron chi connectivity index (χ4n) is 1.56. The Bertz CT molecular complexity index is 356. The molecule has 0 aliphatic rings. The smallest absolute Gasteiger partial charge is 0.195 e. The van der Waals surface area contributed by atoms with Gasteiger partial charge in [0.15, 0.2) is 4.77 Å². The molecule has 16 heavy (non-hydrogen) atoms. The maximum Gasteiger partial charge on any atom is 0.195 e. The minimum absolute atomic E-state index is 0.393. The lowest BCUT2D eigenvalue weighted by atomic mass is 10.2. The van der Waals surface area contributed by atoms with Gasteiger partial charge in [0.1, 0.15) is 5.82 Å². The zero-order valence-corrected chi connectivity index (χ0v) is 11.1. The SMILES string of the molecule is CCCOCCCn1c(C(C)C)n[nH]c1=S. The average molecular weight is 243 g/mol. The molecule has 0 atom stereocenters. The minimum atomic E-state index is 0.393. The van der Waals surface area contributed by atoms with Crippen molar-refractivity contribution in [2.45, 2.75) is 46.1 Å². The van der Waals surface area contributed by atoms with Crippen LogP contribution in [0.3, 0.4) is 0 Å². The molecule has 1 aromatic heterocycles. The molecule has 0 saturated heterocycles. The molecular weight excluding hydrogens is 222 g/mol.